The first-order chi connectivity index (χ1) is 28.8. The highest BCUT2D eigenvalue weighted by Gasteiger charge is 2.24. The van der Waals surface area contributed by atoms with Crippen LogP contribution >= 0.6 is 0 Å². The van der Waals surface area contributed by atoms with Crippen molar-refractivity contribution in [1.29, 1.82) is 0 Å². The van der Waals surface area contributed by atoms with E-state index in [1.54, 1.807) is 0 Å². The molecule has 0 spiro atoms. The third-order valence-electron chi connectivity index (χ3n) is 11.9. The lowest BCUT2D eigenvalue weighted by atomic mass is 9.80. The highest BCUT2D eigenvalue weighted by Crippen LogP contribution is 2.47. The van der Waals surface area contributed by atoms with Crippen molar-refractivity contribution < 1.29 is 0 Å². The third-order valence-corrected chi connectivity index (χ3v) is 11.9. The maximum absolute atomic E-state index is 5.59. The maximum atomic E-state index is 5.59. The van der Waals surface area contributed by atoms with Crippen LogP contribution in [-0.4, -0.2) is 19.9 Å². The average Bonchev–Trinajstić information content (AvgIpc) is 3.30. The molecule has 0 aliphatic heterocycles. The molecule has 58 heavy (non-hydrogen) atoms. The Bertz CT molecular complexity index is 3500. The van der Waals surface area contributed by atoms with Gasteiger partial charge < -0.3 is 0 Å². The number of benzene rings is 7. The summed E-state index contributed by atoms with van der Waals surface area (Å²) in [6.07, 6.45) is 8.49. The second-order valence-corrected chi connectivity index (χ2v) is 15.2. The van der Waals surface area contributed by atoms with Gasteiger partial charge in [0.2, 0.25) is 0 Å². The fourth-order valence-electron chi connectivity index (χ4n) is 9.34. The summed E-state index contributed by atoms with van der Waals surface area (Å²) in [6, 6.07) is 58.1. The van der Waals surface area contributed by atoms with E-state index in [0.29, 0.717) is 0 Å². The van der Waals surface area contributed by atoms with E-state index in [9.17, 15) is 0 Å². The smallest absolute Gasteiger partial charge is 0.0978 e. The first-order valence-corrected chi connectivity index (χ1v) is 19.9. The SMILES string of the molecule is C1=Cc2c(c(-c3ccc4ccc5c(-c6ccccc6)c6ccccc6nc5c4n3)c3ccccc3c2-c2ccnc3c2ccc2ccc(-c4ccccc4)nc23)CC1. The molecular formula is C54H34N4. The fourth-order valence-corrected chi connectivity index (χ4v) is 9.34. The molecule has 0 N–H and O–H groups in total. The van der Waals surface area contributed by atoms with E-state index in [1.165, 1.54) is 44.2 Å². The Morgan fingerprint density at radius 2 is 1.02 bits per heavy atom. The fraction of sp³-hybridized carbons (Fsp3) is 0.0370. The first kappa shape index (κ1) is 32.7. The minimum absolute atomic E-state index is 0.910. The van der Waals surface area contributed by atoms with Crippen LogP contribution < -0.4 is 0 Å². The minimum Gasteiger partial charge on any atom is -0.254 e. The van der Waals surface area contributed by atoms with Gasteiger partial charge >= 0.3 is 0 Å². The highest BCUT2D eigenvalue weighted by atomic mass is 14.8. The largest absolute Gasteiger partial charge is 0.254 e. The molecule has 12 rings (SSSR count). The molecule has 4 heteroatoms. The summed E-state index contributed by atoms with van der Waals surface area (Å²) in [7, 11) is 0. The number of rotatable bonds is 4. The van der Waals surface area contributed by atoms with E-state index in [0.717, 1.165) is 89.9 Å². The molecule has 4 heterocycles. The molecule has 1 aliphatic carbocycles. The number of pyridine rings is 4. The van der Waals surface area contributed by atoms with Gasteiger partial charge in [-0.3, -0.25) is 4.98 Å². The zero-order valence-electron chi connectivity index (χ0n) is 31.5. The van der Waals surface area contributed by atoms with Crippen molar-refractivity contribution in [3.63, 3.8) is 0 Å². The molecule has 270 valence electrons. The molecule has 0 saturated carbocycles. The lowest BCUT2D eigenvalue weighted by molar-refractivity contribution is 0.990. The Balaban J connectivity index is 1.11. The molecular weight excluding hydrogens is 705 g/mol. The van der Waals surface area contributed by atoms with Crippen LogP contribution in [0.1, 0.15) is 17.5 Å². The molecule has 0 bridgehead atoms. The van der Waals surface area contributed by atoms with Crippen molar-refractivity contribution in [2.24, 2.45) is 0 Å². The van der Waals surface area contributed by atoms with Gasteiger partial charge in [-0.25, -0.2) is 15.0 Å². The summed E-state index contributed by atoms with van der Waals surface area (Å²) in [5.41, 5.74) is 16.1. The Hall–Kier alpha value is -7.56. The number of nitrogens with zero attached hydrogens (tertiary/aromatic N) is 4. The van der Waals surface area contributed by atoms with Gasteiger partial charge in [0.05, 0.1) is 39.0 Å². The topological polar surface area (TPSA) is 51.6 Å². The summed E-state index contributed by atoms with van der Waals surface area (Å²) in [4.78, 5) is 21.1. The van der Waals surface area contributed by atoms with E-state index in [2.05, 4.69) is 170 Å². The zero-order chi connectivity index (χ0) is 38.2. The molecule has 0 fully saturated rings. The number of para-hydroxylation sites is 1. The van der Waals surface area contributed by atoms with Crippen LogP contribution in [0.5, 0.6) is 0 Å². The Kier molecular flexibility index (Phi) is 7.32. The van der Waals surface area contributed by atoms with Crippen LogP contribution in [0.25, 0.3) is 116 Å². The molecule has 0 radical (unpaired) electrons. The summed E-state index contributed by atoms with van der Waals surface area (Å²) in [6.45, 7) is 0. The molecule has 11 aromatic rings. The van der Waals surface area contributed by atoms with Gasteiger partial charge in [-0.15, -0.1) is 0 Å². The van der Waals surface area contributed by atoms with Crippen molar-refractivity contribution in [2.45, 2.75) is 12.8 Å². The van der Waals surface area contributed by atoms with E-state index in [1.807, 2.05) is 12.3 Å². The van der Waals surface area contributed by atoms with Gasteiger partial charge in [0.25, 0.3) is 0 Å². The predicted molar refractivity (Wildman–Crippen MR) is 242 cm³/mol. The van der Waals surface area contributed by atoms with E-state index in [-0.39, 0.29) is 0 Å². The molecule has 1 aliphatic rings. The van der Waals surface area contributed by atoms with Gasteiger partial charge in [-0.2, -0.15) is 0 Å². The van der Waals surface area contributed by atoms with E-state index in [4.69, 9.17) is 19.9 Å². The van der Waals surface area contributed by atoms with Crippen molar-refractivity contribution >= 4 is 71.4 Å². The Labute approximate surface area is 334 Å². The van der Waals surface area contributed by atoms with Crippen LogP contribution in [-0.2, 0) is 6.42 Å². The second kappa shape index (κ2) is 13.0. The van der Waals surface area contributed by atoms with Gasteiger partial charge in [0.15, 0.2) is 0 Å². The molecule has 0 saturated heterocycles. The first-order valence-electron chi connectivity index (χ1n) is 19.9. The van der Waals surface area contributed by atoms with Crippen molar-refractivity contribution in [1.82, 2.24) is 19.9 Å². The molecule has 4 nitrogen and oxygen atoms in total. The number of aromatic nitrogens is 4. The third kappa shape index (κ3) is 5.01. The van der Waals surface area contributed by atoms with Crippen molar-refractivity contribution in [3.8, 4) is 44.8 Å². The van der Waals surface area contributed by atoms with Gasteiger partial charge in [0.1, 0.15) is 0 Å². The molecule has 0 unspecified atom stereocenters. The van der Waals surface area contributed by atoms with Crippen molar-refractivity contribution in [2.75, 3.05) is 0 Å². The van der Waals surface area contributed by atoms with Crippen LogP contribution in [0.15, 0.2) is 176 Å². The normalized spacial score (nSPS) is 12.6. The predicted octanol–water partition coefficient (Wildman–Crippen LogP) is 13.8. The number of allylic oxidation sites excluding steroid dienone is 1. The van der Waals surface area contributed by atoms with Crippen LogP contribution in [0, 0.1) is 0 Å². The highest BCUT2D eigenvalue weighted by molar-refractivity contribution is 6.18. The number of hydrogen-bond acceptors (Lipinski definition) is 4. The summed E-state index contributed by atoms with van der Waals surface area (Å²) in [5.74, 6) is 0. The van der Waals surface area contributed by atoms with E-state index < -0.39 is 0 Å². The zero-order valence-corrected chi connectivity index (χ0v) is 31.5. The standard InChI is InChI=1S/C54H34N4/c1-3-13-33(14-4-1)45-29-25-35-23-27-42-41(31-32-55-53(42)51(35)56-45)49-37-17-7-9-19-39(37)50(40-20-10-8-18-38(40)49)47-30-26-36-24-28-44-48(34-15-5-2-6-16-34)43-21-11-12-22-46(43)57-54(44)52(36)58-47/h1-9,11-19,21-32H,10,20H2. The summed E-state index contributed by atoms with van der Waals surface area (Å²) < 4.78 is 0. The lowest BCUT2D eigenvalue weighted by Gasteiger charge is -2.24. The van der Waals surface area contributed by atoms with Gasteiger partial charge in [0, 0.05) is 49.8 Å². The quantitative estimate of drug-likeness (QED) is 0.133. The number of hydrogen-bond donors (Lipinski definition) is 0. The molecule has 0 atom stereocenters. The lowest BCUT2D eigenvalue weighted by Crippen LogP contribution is -2.04. The second-order valence-electron chi connectivity index (χ2n) is 15.2. The maximum Gasteiger partial charge on any atom is 0.0978 e. The number of fused-ring (bicyclic) bond motifs is 9. The van der Waals surface area contributed by atoms with Crippen LogP contribution in [0.3, 0.4) is 0 Å². The monoisotopic (exact) mass is 738 g/mol. The summed E-state index contributed by atoms with van der Waals surface area (Å²) >= 11 is 0. The van der Waals surface area contributed by atoms with Gasteiger partial charge in [-0.05, 0) is 75.7 Å². The summed E-state index contributed by atoms with van der Waals surface area (Å²) in [5, 5.41) is 7.88. The minimum atomic E-state index is 0.910. The molecule has 7 aromatic carbocycles. The Morgan fingerprint density at radius 1 is 0.397 bits per heavy atom. The van der Waals surface area contributed by atoms with E-state index >= 15 is 0 Å². The molecule has 0 amide bonds. The average molecular weight is 739 g/mol. The van der Waals surface area contributed by atoms with Gasteiger partial charge in [-0.1, -0.05) is 152 Å². The Morgan fingerprint density at radius 3 is 1.81 bits per heavy atom. The van der Waals surface area contributed by atoms with Crippen LogP contribution in [0.2, 0.25) is 0 Å². The van der Waals surface area contributed by atoms with Crippen molar-refractivity contribution in [3.05, 3.63) is 187 Å². The van der Waals surface area contributed by atoms with Crippen LogP contribution in [0.4, 0.5) is 0 Å². The molecule has 4 aromatic heterocycles.